The van der Waals surface area contributed by atoms with Crippen LogP contribution in [0.15, 0.2) is 46.0 Å². The van der Waals surface area contributed by atoms with Crippen molar-refractivity contribution < 1.29 is 13.2 Å². The number of rotatable bonds is 6. The summed E-state index contributed by atoms with van der Waals surface area (Å²) in [5, 5.41) is 7.42. The van der Waals surface area contributed by atoms with Gasteiger partial charge in [-0.15, -0.1) is 11.3 Å². The molecule has 2 heterocycles. The Kier molecular flexibility index (Phi) is 6.51. The third kappa shape index (κ3) is 5.09. The summed E-state index contributed by atoms with van der Waals surface area (Å²) in [5.74, 6) is 0. The monoisotopic (exact) mass is 407 g/mol. The molecule has 1 atom stereocenters. The highest BCUT2D eigenvalue weighted by atomic mass is 32.2. The van der Waals surface area contributed by atoms with Crippen molar-refractivity contribution >= 4 is 33.1 Å². The molecule has 1 aromatic heterocycles. The molecule has 27 heavy (non-hydrogen) atoms. The van der Waals surface area contributed by atoms with Gasteiger partial charge >= 0.3 is 6.03 Å². The van der Waals surface area contributed by atoms with Crippen LogP contribution in [0.5, 0.6) is 0 Å². The first-order valence-electron chi connectivity index (χ1n) is 9.14. The summed E-state index contributed by atoms with van der Waals surface area (Å²) in [4.78, 5) is 12.1. The van der Waals surface area contributed by atoms with Gasteiger partial charge in [-0.1, -0.05) is 24.6 Å². The van der Waals surface area contributed by atoms with Gasteiger partial charge in [0.15, 0.2) is 0 Å². The van der Waals surface area contributed by atoms with Crippen LogP contribution >= 0.6 is 11.3 Å². The molecule has 0 radical (unpaired) electrons. The Labute approximate surface area is 164 Å². The molecule has 2 amide bonds. The molecule has 0 saturated carbocycles. The second-order valence-electron chi connectivity index (χ2n) is 6.74. The molecule has 146 valence electrons. The van der Waals surface area contributed by atoms with Gasteiger partial charge in [0.25, 0.3) is 10.0 Å². The molecule has 8 heteroatoms. The molecule has 0 aliphatic carbocycles. The number of aryl methyl sites for hydroxylation is 1. The maximum atomic E-state index is 12.9. The minimum atomic E-state index is -3.45. The predicted molar refractivity (Wildman–Crippen MR) is 109 cm³/mol. The van der Waals surface area contributed by atoms with Gasteiger partial charge < -0.3 is 10.6 Å². The van der Waals surface area contributed by atoms with Gasteiger partial charge in [-0.2, -0.15) is 4.31 Å². The molecule has 1 unspecified atom stereocenters. The van der Waals surface area contributed by atoms with Crippen molar-refractivity contribution in [2.24, 2.45) is 0 Å². The van der Waals surface area contributed by atoms with Crippen molar-refractivity contribution in [3.63, 3.8) is 0 Å². The summed E-state index contributed by atoms with van der Waals surface area (Å²) in [6.07, 6.45) is 3.32. The largest absolute Gasteiger partial charge is 0.338 e. The lowest BCUT2D eigenvalue weighted by atomic mass is 10.0. The number of hydrogen-bond acceptors (Lipinski definition) is 4. The van der Waals surface area contributed by atoms with E-state index >= 15 is 0 Å². The number of nitrogens with zero attached hydrogens (tertiary/aromatic N) is 1. The molecule has 3 rings (SSSR count). The zero-order valence-corrected chi connectivity index (χ0v) is 17.0. The molecule has 2 aromatic rings. The van der Waals surface area contributed by atoms with E-state index in [4.69, 9.17) is 0 Å². The summed E-state index contributed by atoms with van der Waals surface area (Å²) in [6, 6.07) is 10.6. The van der Waals surface area contributed by atoms with E-state index in [-0.39, 0.29) is 12.1 Å². The van der Waals surface area contributed by atoms with Gasteiger partial charge in [-0.25, -0.2) is 13.2 Å². The van der Waals surface area contributed by atoms with Crippen molar-refractivity contribution in [2.45, 2.75) is 42.9 Å². The van der Waals surface area contributed by atoms with Crippen molar-refractivity contribution in [2.75, 3.05) is 18.4 Å². The third-order valence-electron chi connectivity index (χ3n) is 4.67. The Balaban J connectivity index is 1.55. The first-order chi connectivity index (χ1) is 13.0. The van der Waals surface area contributed by atoms with Crippen LogP contribution in [0, 0.1) is 6.92 Å². The third-order valence-corrected chi connectivity index (χ3v) is 8.00. The van der Waals surface area contributed by atoms with Crippen molar-refractivity contribution in [1.82, 2.24) is 9.62 Å². The maximum Gasteiger partial charge on any atom is 0.319 e. The summed E-state index contributed by atoms with van der Waals surface area (Å²) in [5.41, 5.74) is 1.82. The molecule has 6 nitrogen and oxygen atoms in total. The zero-order valence-electron chi connectivity index (χ0n) is 15.3. The number of urea groups is 1. The van der Waals surface area contributed by atoms with Crippen molar-refractivity contribution in [3.8, 4) is 0 Å². The van der Waals surface area contributed by atoms with Gasteiger partial charge in [0.2, 0.25) is 0 Å². The molecule has 1 aliphatic heterocycles. The van der Waals surface area contributed by atoms with Crippen molar-refractivity contribution in [3.05, 3.63) is 47.3 Å². The van der Waals surface area contributed by atoms with Crippen LogP contribution in [0.2, 0.25) is 0 Å². The van der Waals surface area contributed by atoms with Gasteiger partial charge in [-0.05, 0) is 55.3 Å². The lowest BCUT2D eigenvalue weighted by Gasteiger charge is -2.34. The average molecular weight is 408 g/mol. The van der Waals surface area contributed by atoms with Crippen LogP contribution in [0.4, 0.5) is 10.5 Å². The van der Waals surface area contributed by atoms with E-state index in [9.17, 15) is 13.2 Å². The second-order valence-corrected chi connectivity index (χ2v) is 9.80. The lowest BCUT2D eigenvalue weighted by molar-refractivity contribution is 0.234. The highest BCUT2D eigenvalue weighted by Gasteiger charge is 2.33. The van der Waals surface area contributed by atoms with Crippen molar-refractivity contribution in [1.29, 1.82) is 0 Å². The second kappa shape index (κ2) is 8.86. The van der Waals surface area contributed by atoms with E-state index in [1.807, 2.05) is 31.2 Å². The molecule has 1 fully saturated rings. The van der Waals surface area contributed by atoms with E-state index < -0.39 is 10.0 Å². The number of piperidine rings is 1. The number of sulfonamides is 1. The summed E-state index contributed by atoms with van der Waals surface area (Å²) < 4.78 is 27.7. The number of benzene rings is 1. The van der Waals surface area contributed by atoms with Gasteiger partial charge in [0.1, 0.15) is 4.21 Å². The number of hydrogen-bond donors (Lipinski definition) is 2. The molecule has 0 spiro atoms. The number of thiophene rings is 1. The first-order valence-corrected chi connectivity index (χ1v) is 11.5. The van der Waals surface area contributed by atoms with E-state index in [2.05, 4.69) is 10.6 Å². The minimum Gasteiger partial charge on any atom is -0.338 e. The Bertz CT molecular complexity index is 866. The van der Waals surface area contributed by atoms with Gasteiger partial charge in [0.05, 0.1) is 0 Å². The molecule has 1 aliphatic rings. The molecule has 1 saturated heterocycles. The molecule has 2 N–H and O–H groups in total. The maximum absolute atomic E-state index is 12.9. The minimum absolute atomic E-state index is 0.0786. The quantitative estimate of drug-likeness (QED) is 0.764. The molecule has 0 bridgehead atoms. The van der Waals surface area contributed by atoms with E-state index in [1.54, 1.807) is 21.8 Å². The van der Waals surface area contributed by atoms with E-state index in [0.29, 0.717) is 23.7 Å². The Morgan fingerprint density at radius 2 is 2.11 bits per heavy atom. The fourth-order valence-electron chi connectivity index (χ4n) is 3.36. The highest BCUT2D eigenvalue weighted by molar-refractivity contribution is 7.91. The standard InChI is InChI=1S/C19H25N3O3S2/c1-15-6-4-7-16(14-15)21-19(23)20-11-10-17-8-2-3-12-22(17)27(24,25)18-9-5-13-26-18/h4-7,9,13-14,17H,2-3,8,10-12H2,1H3,(H2,20,21,23). The van der Waals surface area contributed by atoms with Crippen LogP contribution in [-0.2, 0) is 10.0 Å². The van der Waals surface area contributed by atoms with Crippen LogP contribution in [0.25, 0.3) is 0 Å². The fraction of sp³-hybridized carbons (Fsp3) is 0.421. The first kappa shape index (κ1) is 19.9. The zero-order chi connectivity index (χ0) is 19.3. The molecular formula is C19H25N3O3S2. The summed E-state index contributed by atoms with van der Waals surface area (Å²) in [6.45, 7) is 2.94. The number of anilines is 1. The van der Waals surface area contributed by atoms with Crippen LogP contribution in [0.1, 0.15) is 31.2 Å². The van der Waals surface area contributed by atoms with Crippen LogP contribution < -0.4 is 10.6 Å². The summed E-state index contributed by atoms with van der Waals surface area (Å²) in [7, 11) is -3.45. The Morgan fingerprint density at radius 3 is 2.85 bits per heavy atom. The van der Waals surface area contributed by atoms with Gasteiger partial charge in [0, 0.05) is 24.8 Å². The smallest absolute Gasteiger partial charge is 0.319 e. The Hall–Kier alpha value is -1.90. The lowest BCUT2D eigenvalue weighted by Crippen LogP contribution is -2.45. The van der Waals surface area contributed by atoms with E-state index in [1.165, 1.54) is 11.3 Å². The highest BCUT2D eigenvalue weighted by Crippen LogP contribution is 2.29. The normalized spacial score (nSPS) is 18.2. The van der Waals surface area contributed by atoms with Gasteiger partial charge in [-0.3, -0.25) is 0 Å². The SMILES string of the molecule is Cc1cccc(NC(=O)NCCC2CCCCN2S(=O)(=O)c2cccs2)c1. The number of carbonyl (C=O) groups is 1. The van der Waals surface area contributed by atoms with E-state index in [0.717, 1.165) is 30.5 Å². The molecular weight excluding hydrogens is 382 g/mol. The molecule has 1 aromatic carbocycles. The number of amides is 2. The summed E-state index contributed by atoms with van der Waals surface area (Å²) >= 11 is 1.25. The Morgan fingerprint density at radius 1 is 1.26 bits per heavy atom. The van der Waals surface area contributed by atoms with Crippen LogP contribution in [0.3, 0.4) is 0 Å². The van der Waals surface area contributed by atoms with Crippen LogP contribution in [-0.4, -0.2) is 37.9 Å². The average Bonchev–Trinajstić information content (AvgIpc) is 3.17. The topological polar surface area (TPSA) is 78.5 Å². The predicted octanol–water partition coefficient (Wildman–Crippen LogP) is 3.81. The fourth-order valence-corrected chi connectivity index (χ4v) is 6.20. The number of nitrogens with one attached hydrogen (secondary N) is 2. The number of carbonyl (C=O) groups excluding carboxylic acids is 1.